The van der Waals surface area contributed by atoms with Crippen LogP contribution in [0, 0.1) is 0 Å². The summed E-state index contributed by atoms with van der Waals surface area (Å²) in [6, 6.07) is 10.1. The van der Waals surface area contributed by atoms with Gasteiger partial charge in [-0.05, 0) is 11.1 Å². The molecule has 0 saturated carbocycles. The van der Waals surface area contributed by atoms with E-state index < -0.39 is 0 Å². The van der Waals surface area contributed by atoms with Crippen LogP contribution in [0.15, 0.2) is 61.7 Å². The lowest BCUT2D eigenvalue weighted by Gasteiger charge is -1.97. The molecule has 0 atom stereocenters. The Morgan fingerprint density at radius 2 is 1.83 bits per heavy atom. The first kappa shape index (κ1) is 8.54. The van der Waals surface area contributed by atoms with Gasteiger partial charge in [0, 0.05) is 0 Å². The molecular weight excluding hydrogens is 144 g/mol. The lowest BCUT2D eigenvalue weighted by atomic mass is 10.1. The van der Waals surface area contributed by atoms with Gasteiger partial charge in [-0.2, -0.15) is 0 Å². The second-order valence-electron chi connectivity index (χ2n) is 2.49. The lowest BCUT2D eigenvalue weighted by molar-refractivity contribution is 1.63. The highest BCUT2D eigenvalue weighted by molar-refractivity contribution is 5.71. The van der Waals surface area contributed by atoms with E-state index in [0.717, 1.165) is 11.1 Å². The largest absolute Gasteiger partial charge is 0.0991 e. The van der Waals surface area contributed by atoms with Crippen molar-refractivity contribution in [3.8, 4) is 0 Å². The fourth-order valence-corrected chi connectivity index (χ4v) is 0.933. The molecule has 0 aliphatic carbocycles. The highest BCUT2D eigenvalue weighted by atomic mass is 13.9. The Labute approximate surface area is 73.6 Å². The third-order valence-electron chi connectivity index (χ3n) is 1.58. The minimum Gasteiger partial charge on any atom is -0.0991 e. The third-order valence-corrected chi connectivity index (χ3v) is 1.58. The van der Waals surface area contributed by atoms with Gasteiger partial charge in [-0.25, -0.2) is 0 Å². The van der Waals surface area contributed by atoms with E-state index in [9.17, 15) is 0 Å². The van der Waals surface area contributed by atoms with E-state index in [0.29, 0.717) is 0 Å². The third kappa shape index (κ3) is 2.24. The molecule has 0 unspecified atom stereocenters. The molecule has 0 N–H and O–H groups in total. The number of rotatable bonds is 3. The van der Waals surface area contributed by atoms with Crippen molar-refractivity contribution in [1.29, 1.82) is 0 Å². The number of hydrogen-bond acceptors (Lipinski definition) is 0. The quantitative estimate of drug-likeness (QED) is 0.588. The van der Waals surface area contributed by atoms with Gasteiger partial charge in [-0.3, -0.25) is 0 Å². The maximum Gasteiger partial charge on any atom is -0.0190 e. The molecule has 1 aromatic carbocycles. The number of benzene rings is 1. The van der Waals surface area contributed by atoms with E-state index in [1.54, 1.807) is 6.08 Å². The van der Waals surface area contributed by atoms with Crippen molar-refractivity contribution in [2.75, 3.05) is 0 Å². The van der Waals surface area contributed by atoms with Crippen LogP contribution in [0.5, 0.6) is 0 Å². The molecule has 0 fully saturated rings. The summed E-state index contributed by atoms with van der Waals surface area (Å²) >= 11 is 0. The van der Waals surface area contributed by atoms with Crippen molar-refractivity contribution in [3.05, 3.63) is 67.3 Å². The zero-order valence-electron chi connectivity index (χ0n) is 7.03. The fourth-order valence-electron chi connectivity index (χ4n) is 0.933. The minimum atomic E-state index is 1.01. The molecule has 0 aromatic heterocycles. The second kappa shape index (κ2) is 4.35. The maximum atomic E-state index is 3.93. The van der Waals surface area contributed by atoms with Crippen molar-refractivity contribution < 1.29 is 0 Å². The highest BCUT2D eigenvalue weighted by Gasteiger charge is 1.90. The van der Waals surface area contributed by atoms with Crippen molar-refractivity contribution in [1.82, 2.24) is 0 Å². The number of hydrogen-bond donors (Lipinski definition) is 0. The van der Waals surface area contributed by atoms with Crippen molar-refractivity contribution in [2.24, 2.45) is 0 Å². The fraction of sp³-hybridized carbons (Fsp3) is 0. The maximum absolute atomic E-state index is 3.93. The van der Waals surface area contributed by atoms with Gasteiger partial charge in [0.1, 0.15) is 0 Å². The van der Waals surface area contributed by atoms with Gasteiger partial charge >= 0.3 is 0 Å². The van der Waals surface area contributed by atoms with Crippen LogP contribution in [0.2, 0.25) is 0 Å². The molecule has 0 spiro atoms. The summed E-state index contributed by atoms with van der Waals surface area (Å²) in [6.45, 7) is 7.53. The Morgan fingerprint density at radius 3 is 2.42 bits per heavy atom. The summed E-state index contributed by atoms with van der Waals surface area (Å²) in [7, 11) is 0. The van der Waals surface area contributed by atoms with Gasteiger partial charge in [-0.1, -0.05) is 61.7 Å². The summed E-state index contributed by atoms with van der Waals surface area (Å²) in [4.78, 5) is 0. The Morgan fingerprint density at radius 1 is 1.17 bits per heavy atom. The standard InChI is InChI=1S/C12H12/c1-3-4-8-11(2)12-9-6-5-7-10-12/h3-10H,1-2H2. The van der Waals surface area contributed by atoms with E-state index in [1.165, 1.54) is 0 Å². The van der Waals surface area contributed by atoms with Crippen LogP contribution >= 0.6 is 0 Å². The Kier molecular flexibility index (Phi) is 3.09. The van der Waals surface area contributed by atoms with Gasteiger partial charge in [0.05, 0.1) is 0 Å². The van der Waals surface area contributed by atoms with E-state index in [-0.39, 0.29) is 0 Å². The van der Waals surface area contributed by atoms with Gasteiger partial charge < -0.3 is 0 Å². The van der Waals surface area contributed by atoms with Crippen molar-refractivity contribution in [2.45, 2.75) is 0 Å². The zero-order valence-corrected chi connectivity index (χ0v) is 7.03. The van der Waals surface area contributed by atoms with E-state index in [4.69, 9.17) is 0 Å². The normalized spacial score (nSPS) is 10.0. The highest BCUT2D eigenvalue weighted by Crippen LogP contribution is 2.12. The zero-order chi connectivity index (χ0) is 8.81. The summed E-state index contributed by atoms with van der Waals surface area (Å²) in [5.41, 5.74) is 2.16. The molecule has 60 valence electrons. The van der Waals surface area contributed by atoms with Gasteiger partial charge in [0.15, 0.2) is 0 Å². The molecule has 0 saturated heterocycles. The van der Waals surface area contributed by atoms with Crippen LogP contribution in [-0.2, 0) is 0 Å². The first-order valence-electron chi connectivity index (χ1n) is 3.88. The predicted octanol–water partition coefficient (Wildman–Crippen LogP) is 3.44. The lowest BCUT2D eigenvalue weighted by Crippen LogP contribution is -1.75. The van der Waals surface area contributed by atoms with Crippen LogP contribution in [-0.4, -0.2) is 0 Å². The molecule has 0 radical (unpaired) electrons. The molecule has 0 bridgehead atoms. The first-order valence-corrected chi connectivity index (χ1v) is 3.88. The first-order chi connectivity index (χ1) is 5.84. The van der Waals surface area contributed by atoms with Crippen molar-refractivity contribution in [3.63, 3.8) is 0 Å². The molecule has 0 amide bonds. The SMILES string of the molecule is C=CC=CC(=C)c1ccccc1. The second-order valence-corrected chi connectivity index (χ2v) is 2.49. The van der Waals surface area contributed by atoms with Crippen LogP contribution in [0.3, 0.4) is 0 Å². The average Bonchev–Trinajstić information content (AvgIpc) is 2.15. The average molecular weight is 156 g/mol. The molecular formula is C12H12. The molecule has 0 aliphatic heterocycles. The van der Waals surface area contributed by atoms with Gasteiger partial charge in [0.25, 0.3) is 0 Å². The topological polar surface area (TPSA) is 0 Å². The van der Waals surface area contributed by atoms with Gasteiger partial charge in [0.2, 0.25) is 0 Å². The molecule has 0 aliphatic rings. The molecule has 0 heterocycles. The predicted molar refractivity (Wildman–Crippen MR) is 54.8 cm³/mol. The van der Waals surface area contributed by atoms with Crippen LogP contribution in [0.1, 0.15) is 5.56 Å². The molecule has 1 rings (SSSR count). The molecule has 0 nitrogen and oxygen atoms in total. The monoisotopic (exact) mass is 156 g/mol. The summed E-state index contributed by atoms with van der Waals surface area (Å²) in [6.07, 6.45) is 5.58. The molecule has 12 heavy (non-hydrogen) atoms. The van der Waals surface area contributed by atoms with Gasteiger partial charge in [-0.15, -0.1) is 0 Å². The summed E-state index contributed by atoms with van der Waals surface area (Å²) in [5, 5.41) is 0. The smallest absolute Gasteiger partial charge is 0.0190 e. The Balaban J connectivity index is 2.79. The van der Waals surface area contributed by atoms with Crippen LogP contribution in [0.4, 0.5) is 0 Å². The Bertz CT molecular complexity index is 291. The van der Waals surface area contributed by atoms with E-state index >= 15 is 0 Å². The summed E-state index contributed by atoms with van der Waals surface area (Å²) in [5.74, 6) is 0. The molecule has 1 aromatic rings. The van der Waals surface area contributed by atoms with Crippen LogP contribution < -0.4 is 0 Å². The van der Waals surface area contributed by atoms with Crippen molar-refractivity contribution >= 4 is 5.57 Å². The van der Waals surface area contributed by atoms with E-state index in [2.05, 4.69) is 13.2 Å². The number of allylic oxidation sites excluding steroid dienone is 4. The minimum absolute atomic E-state index is 1.01. The Hall–Kier alpha value is -1.56. The molecule has 0 heteroatoms. The van der Waals surface area contributed by atoms with Crippen LogP contribution in [0.25, 0.3) is 5.57 Å². The summed E-state index contributed by atoms with van der Waals surface area (Å²) < 4.78 is 0. The van der Waals surface area contributed by atoms with E-state index in [1.807, 2.05) is 42.5 Å².